The Hall–Kier alpha value is 0.290. The molecule has 0 aliphatic heterocycles. The Balaban J connectivity index is 2.87. The smallest absolute Gasteiger partial charge is 0.133 e. The zero-order chi connectivity index (χ0) is 7.56. The summed E-state index contributed by atoms with van der Waals surface area (Å²) in [4.78, 5) is 4.16. The van der Waals surface area contributed by atoms with Crippen molar-refractivity contribution in [3.63, 3.8) is 0 Å². The Morgan fingerprint density at radius 1 is 1.80 bits per heavy atom. The summed E-state index contributed by atoms with van der Waals surface area (Å²) in [6.07, 6.45) is 1.85. The molecule has 0 aliphatic carbocycles. The fourth-order valence-electron chi connectivity index (χ4n) is 0.689. The first-order valence-corrected chi connectivity index (χ1v) is 5.11. The average molecular weight is 268 g/mol. The second-order valence-corrected chi connectivity index (χ2v) is 4.16. The summed E-state index contributed by atoms with van der Waals surface area (Å²) in [7, 11) is 2.02. The summed E-state index contributed by atoms with van der Waals surface area (Å²) in [6, 6.07) is 0. The number of halogens is 1. The van der Waals surface area contributed by atoms with Crippen LogP contribution in [-0.4, -0.2) is 15.3 Å². The molecule has 0 amide bonds. The summed E-state index contributed by atoms with van der Waals surface area (Å²) in [6.45, 7) is 2.15. The number of nitrogens with zero attached hydrogens (tertiary/aromatic N) is 2. The molecule has 0 saturated carbocycles. The van der Waals surface area contributed by atoms with Crippen LogP contribution in [0.15, 0.2) is 11.4 Å². The molecule has 0 atom stereocenters. The maximum Gasteiger partial charge on any atom is 0.133 e. The largest absolute Gasteiger partial charge is 0.328 e. The van der Waals surface area contributed by atoms with Gasteiger partial charge in [-0.3, -0.25) is 0 Å². The Bertz CT molecular complexity index is 202. The Kier molecular flexibility index (Phi) is 3.03. The van der Waals surface area contributed by atoms with Gasteiger partial charge in [0.1, 0.15) is 8.73 Å². The molecule has 2 nitrogen and oxygen atoms in total. The molecule has 0 saturated heterocycles. The molecule has 1 aromatic heterocycles. The van der Waals surface area contributed by atoms with Crippen LogP contribution in [0.1, 0.15) is 6.92 Å². The predicted octanol–water partition coefficient (Wildman–Crippen LogP) is 2.14. The van der Waals surface area contributed by atoms with Crippen LogP contribution in [0.3, 0.4) is 0 Å². The van der Waals surface area contributed by atoms with Gasteiger partial charge >= 0.3 is 0 Å². The molecule has 0 radical (unpaired) electrons. The van der Waals surface area contributed by atoms with E-state index in [-0.39, 0.29) is 0 Å². The minimum Gasteiger partial charge on any atom is -0.328 e. The zero-order valence-electron chi connectivity index (χ0n) is 5.97. The van der Waals surface area contributed by atoms with Crippen molar-refractivity contribution in [2.75, 3.05) is 5.75 Å². The van der Waals surface area contributed by atoms with Crippen LogP contribution >= 0.6 is 34.4 Å². The lowest BCUT2D eigenvalue weighted by molar-refractivity contribution is 0.820. The lowest BCUT2D eigenvalue weighted by Gasteiger charge is -1.97. The van der Waals surface area contributed by atoms with Gasteiger partial charge in [-0.25, -0.2) is 4.98 Å². The zero-order valence-corrected chi connectivity index (χ0v) is 8.94. The maximum atomic E-state index is 4.16. The molecule has 0 N–H and O–H groups in total. The highest BCUT2D eigenvalue weighted by Crippen LogP contribution is 2.21. The first-order chi connectivity index (χ1) is 4.75. The standard InChI is InChI=1S/C6H9IN2S/c1-3-10-6-5(7)8-4-9(6)2/h4H,3H2,1-2H3. The first-order valence-electron chi connectivity index (χ1n) is 3.05. The molecule has 0 spiro atoms. The van der Waals surface area contributed by atoms with E-state index in [1.807, 2.05) is 25.1 Å². The van der Waals surface area contributed by atoms with Gasteiger partial charge in [-0.2, -0.15) is 0 Å². The highest BCUT2D eigenvalue weighted by atomic mass is 127. The van der Waals surface area contributed by atoms with Gasteiger partial charge in [-0.15, -0.1) is 11.8 Å². The summed E-state index contributed by atoms with van der Waals surface area (Å²) < 4.78 is 3.16. The van der Waals surface area contributed by atoms with Crippen molar-refractivity contribution >= 4 is 34.4 Å². The van der Waals surface area contributed by atoms with Crippen LogP contribution in [0.4, 0.5) is 0 Å². The summed E-state index contributed by atoms with van der Waals surface area (Å²) in [5.74, 6) is 1.11. The molecule has 1 heterocycles. The van der Waals surface area contributed by atoms with Gasteiger partial charge in [-0.05, 0) is 28.3 Å². The van der Waals surface area contributed by atoms with Gasteiger partial charge in [-0.1, -0.05) is 6.92 Å². The van der Waals surface area contributed by atoms with Crippen molar-refractivity contribution in [1.82, 2.24) is 9.55 Å². The van der Waals surface area contributed by atoms with E-state index in [0.717, 1.165) is 9.45 Å². The fourth-order valence-corrected chi connectivity index (χ4v) is 2.36. The third-order valence-electron chi connectivity index (χ3n) is 1.12. The first kappa shape index (κ1) is 8.39. The Morgan fingerprint density at radius 2 is 2.50 bits per heavy atom. The van der Waals surface area contributed by atoms with Crippen LogP contribution in [-0.2, 0) is 7.05 Å². The normalized spacial score (nSPS) is 10.3. The van der Waals surface area contributed by atoms with Gasteiger partial charge in [0.2, 0.25) is 0 Å². The van der Waals surface area contributed by atoms with E-state index >= 15 is 0 Å². The number of aromatic nitrogens is 2. The number of thioether (sulfide) groups is 1. The number of rotatable bonds is 2. The number of imidazole rings is 1. The van der Waals surface area contributed by atoms with Gasteiger partial charge in [0.05, 0.1) is 6.33 Å². The molecular weight excluding hydrogens is 259 g/mol. The van der Waals surface area contributed by atoms with E-state index in [0.29, 0.717) is 0 Å². The number of aryl methyl sites for hydroxylation is 1. The predicted molar refractivity (Wildman–Crippen MR) is 52.3 cm³/mol. The van der Waals surface area contributed by atoms with E-state index in [1.54, 1.807) is 0 Å². The van der Waals surface area contributed by atoms with Crippen molar-refractivity contribution in [1.29, 1.82) is 0 Å². The third kappa shape index (κ3) is 1.66. The van der Waals surface area contributed by atoms with Gasteiger partial charge < -0.3 is 4.57 Å². The molecule has 0 aliphatic rings. The minimum absolute atomic E-state index is 1.10. The van der Waals surface area contributed by atoms with E-state index in [4.69, 9.17) is 0 Å². The van der Waals surface area contributed by atoms with E-state index in [9.17, 15) is 0 Å². The van der Waals surface area contributed by atoms with Crippen LogP contribution in [0.2, 0.25) is 0 Å². The van der Waals surface area contributed by atoms with Crippen molar-refractivity contribution in [2.45, 2.75) is 11.9 Å². The van der Waals surface area contributed by atoms with Crippen molar-refractivity contribution in [3.05, 3.63) is 10.0 Å². The number of hydrogen-bond acceptors (Lipinski definition) is 2. The van der Waals surface area contributed by atoms with E-state index in [2.05, 4.69) is 39.1 Å². The lowest BCUT2D eigenvalue weighted by Crippen LogP contribution is -1.88. The molecule has 4 heteroatoms. The van der Waals surface area contributed by atoms with Crippen LogP contribution in [0, 0.1) is 3.70 Å². The van der Waals surface area contributed by atoms with E-state index in [1.165, 1.54) is 5.03 Å². The monoisotopic (exact) mass is 268 g/mol. The average Bonchev–Trinajstić information content (AvgIpc) is 2.20. The van der Waals surface area contributed by atoms with Crippen LogP contribution < -0.4 is 0 Å². The second-order valence-electron chi connectivity index (χ2n) is 1.88. The van der Waals surface area contributed by atoms with Crippen molar-refractivity contribution in [2.24, 2.45) is 7.05 Å². The van der Waals surface area contributed by atoms with Gasteiger partial charge in [0.25, 0.3) is 0 Å². The Labute approximate surface area is 78.5 Å². The van der Waals surface area contributed by atoms with Gasteiger partial charge in [0.15, 0.2) is 0 Å². The van der Waals surface area contributed by atoms with Crippen molar-refractivity contribution < 1.29 is 0 Å². The number of hydrogen-bond donors (Lipinski definition) is 0. The quantitative estimate of drug-likeness (QED) is 0.604. The molecule has 0 fully saturated rings. The molecule has 10 heavy (non-hydrogen) atoms. The minimum atomic E-state index is 1.10. The summed E-state index contributed by atoms with van der Waals surface area (Å²) in [5.41, 5.74) is 0. The maximum absolute atomic E-state index is 4.16. The molecule has 56 valence electrons. The molecule has 1 rings (SSSR count). The molecule has 0 bridgehead atoms. The molecule has 1 aromatic rings. The van der Waals surface area contributed by atoms with Crippen LogP contribution in [0.25, 0.3) is 0 Å². The highest BCUT2D eigenvalue weighted by Gasteiger charge is 2.03. The summed E-state index contributed by atoms with van der Waals surface area (Å²) in [5, 5.41) is 1.27. The lowest BCUT2D eigenvalue weighted by atomic mass is 10.9. The fraction of sp³-hybridized carbons (Fsp3) is 0.500. The van der Waals surface area contributed by atoms with Crippen molar-refractivity contribution in [3.8, 4) is 0 Å². The summed E-state index contributed by atoms with van der Waals surface area (Å²) >= 11 is 4.08. The Morgan fingerprint density at radius 3 is 2.90 bits per heavy atom. The highest BCUT2D eigenvalue weighted by molar-refractivity contribution is 14.1. The van der Waals surface area contributed by atoms with Gasteiger partial charge in [0, 0.05) is 7.05 Å². The SMILES string of the molecule is CCSc1c(I)ncn1C. The molecular formula is C6H9IN2S. The molecule has 0 aromatic carbocycles. The second kappa shape index (κ2) is 3.61. The molecule has 0 unspecified atom stereocenters. The van der Waals surface area contributed by atoms with E-state index < -0.39 is 0 Å². The third-order valence-corrected chi connectivity index (χ3v) is 3.32. The van der Waals surface area contributed by atoms with Crippen LogP contribution in [0.5, 0.6) is 0 Å². The topological polar surface area (TPSA) is 17.8 Å².